The molecule has 0 radical (unpaired) electrons. The van der Waals surface area contributed by atoms with Gasteiger partial charge in [-0.05, 0) is 18.5 Å². The van der Waals surface area contributed by atoms with Gasteiger partial charge >= 0.3 is 5.97 Å². The minimum Gasteiger partial charge on any atom is -0.480 e. The highest BCUT2D eigenvalue weighted by Crippen LogP contribution is 2.31. The first-order valence-electron chi connectivity index (χ1n) is 6.60. The Labute approximate surface area is 127 Å². The lowest BCUT2D eigenvalue weighted by atomic mass is 9.90. The molecule has 1 fully saturated rings. The van der Waals surface area contributed by atoms with Crippen molar-refractivity contribution in [3.05, 3.63) is 10.6 Å². The molecule has 0 aromatic carbocycles. The van der Waals surface area contributed by atoms with Crippen LogP contribution in [-0.2, 0) is 14.9 Å². The van der Waals surface area contributed by atoms with E-state index in [-0.39, 0.29) is 17.9 Å². The average Bonchev–Trinajstić information content (AvgIpc) is 2.81. The molecule has 7 nitrogen and oxygen atoms in total. The van der Waals surface area contributed by atoms with E-state index in [1.807, 2.05) is 20.8 Å². The van der Waals surface area contributed by atoms with E-state index in [0.29, 0.717) is 23.7 Å². The van der Waals surface area contributed by atoms with Crippen LogP contribution in [0.2, 0.25) is 0 Å². The monoisotopic (exact) mass is 313 g/mol. The number of aliphatic carboxylic acids is 1. The van der Waals surface area contributed by atoms with Crippen LogP contribution in [0.5, 0.6) is 0 Å². The highest BCUT2D eigenvalue weighted by atomic mass is 32.1. The van der Waals surface area contributed by atoms with Crippen LogP contribution in [0.25, 0.3) is 0 Å². The van der Waals surface area contributed by atoms with Crippen molar-refractivity contribution in [2.75, 3.05) is 19.7 Å². The van der Waals surface area contributed by atoms with Crippen LogP contribution in [0, 0.1) is 0 Å². The second kappa shape index (κ2) is 5.34. The smallest absolute Gasteiger partial charge is 0.329 e. The van der Waals surface area contributed by atoms with Crippen molar-refractivity contribution in [2.45, 2.75) is 38.7 Å². The Morgan fingerprint density at radius 1 is 1.43 bits per heavy atom. The zero-order valence-corrected chi connectivity index (χ0v) is 13.4. The van der Waals surface area contributed by atoms with E-state index < -0.39 is 11.6 Å². The molecular formula is C13H19N3O4S. The Balaban J connectivity index is 2.01. The van der Waals surface area contributed by atoms with Crippen LogP contribution in [0.15, 0.2) is 0 Å². The molecule has 8 heteroatoms. The van der Waals surface area contributed by atoms with Gasteiger partial charge < -0.3 is 14.7 Å². The first-order valence-corrected chi connectivity index (χ1v) is 7.38. The molecule has 0 atom stereocenters. The van der Waals surface area contributed by atoms with Crippen molar-refractivity contribution in [3.63, 3.8) is 0 Å². The number of carboxylic acids is 1. The third-order valence-corrected chi connectivity index (χ3v) is 3.99. The molecule has 1 aromatic rings. The number of ether oxygens (including phenoxy) is 1. The van der Waals surface area contributed by atoms with Gasteiger partial charge in [0.05, 0.1) is 18.8 Å². The normalized spacial score (nSPS) is 17.4. The first-order chi connectivity index (χ1) is 9.62. The van der Waals surface area contributed by atoms with Gasteiger partial charge in [0.25, 0.3) is 5.91 Å². The Kier molecular flexibility index (Phi) is 4.03. The Morgan fingerprint density at radius 2 is 2.05 bits per heavy atom. The molecule has 0 aliphatic carbocycles. The lowest BCUT2D eigenvalue weighted by Crippen LogP contribution is -2.63. The van der Waals surface area contributed by atoms with E-state index in [1.165, 1.54) is 0 Å². The lowest BCUT2D eigenvalue weighted by molar-refractivity contribution is -0.159. The summed E-state index contributed by atoms with van der Waals surface area (Å²) in [5.41, 5.74) is -0.141. The molecule has 0 unspecified atom stereocenters. The van der Waals surface area contributed by atoms with Crippen LogP contribution >= 0.6 is 11.5 Å². The predicted octanol–water partition coefficient (Wildman–Crippen LogP) is 1.15. The van der Waals surface area contributed by atoms with Crippen LogP contribution in [0.4, 0.5) is 0 Å². The zero-order valence-electron chi connectivity index (χ0n) is 12.5. The molecule has 1 amide bonds. The van der Waals surface area contributed by atoms with E-state index in [0.717, 1.165) is 11.5 Å². The second-order valence-electron chi connectivity index (χ2n) is 6.49. The minimum atomic E-state index is -1.01. The second-order valence-corrected chi connectivity index (χ2v) is 7.25. The number of nitrogens with zero attached hydrogens (tertiary/aromatic N) is 3. The van der Waals surface area contributed by atoms with Gasteiger partial charge in [-0.15, -0.1) is 5.10 Å². The van der Waals surface area contributed by atoms with Crippen molar-refractivity contribution in [1.29, 1.82) is 0 Å². The van der Waals surface area contributed by atoms with E-state index in [1.54, 1.807) is 11.8 Å². The number of carboxylic acid groups (broad SMARTS) is 1. The Hall–Kier alpha value is -1.54. The van der Waals surface area contributed by atoms with E-state index in [2.05, 4.69) is 9.59 Å². The number of likely N-dealkylation sites (tertiary alicyclic amines) is 1. The van der Waals surface area contributed by atoms with Crippen LogP contribution in [0.1, 0.15) is 43.1 Å². The van der Waals surface area contributed by atoms with Crippen LogP contribution < -0.4 is 0 Å². The molecule has 1 aromatic heterocycles. The van der Waals surface area contributed by atoms with Crippen molar-refractivity contribution in [2.24, 2.45) is 0 Å². The molecule has 0 bridgehead atoms. The van der Waals surface area contributed by atoms with Crippen molar-refractivity contribution in [3.8, 4) is 0 Å². The molecule has 0 spiro atoms. The fraction of sp³-hybridized carbons (Fsp3) is 0.692. The van der Waals surface area contributed by atoms with Gasteiger partial charge in [-0.2, -0.15) is 0 Å². The third kappa shape index (κ3) is 3.38. The third-order valence-electron chi connectivity index (χ3n) is 3.27. The molecule has 1 aliphatic heterocycles. The zero-order chi connectivity index (χ0) is 15.8. The highest BCUT2D eigenvalue weighted by Gasteiger charge is 2.44. The summed E-state index contributed by atoms with van der Waals surface area (Å²) in [5, 5.41) is 12.7. The standard InChI is InChI=1S/C13H19N3O4S/c1-12(2,3)10-9(21-15-14-10)11(19)16-6-13(4,7-16)20-5-8(17)18/h5-7H2,1-4H3,(H,17,18). The summed E-state index contributed by atoms with van der Waals surface area (Å²) in [6.45, 7) is 8.15. The van der Waals surface area contributed by atoms with Gasteiger partial charge in [-0.25, -0.2) is 4.79 Å². The molecule has 116 valence electrons. The fourth-order valence-corrected chi connectivity index (χ4v) is 3.04. The van der Waals surface area contributed by atoms with Gasteiger partial charge in [0.2, 0.25) is 0 Å². The molecule has 2 heterocycles. The molecule has 0 saturated carbocycles. The quantitative estimate of drug-likeness (QED) is 0.896. The SMILES string of the molecule is CC1(OCC(=O)O)CN(C(=O)c2snnc2C(C)(C)C)C1. The average molecular weight is 313 g/mol. The predicted molar refractivity (Wildman–Crippen MR) is 76.5 cm³/mol. The van der Waals surface area contributed by atoms with Crippen molar-refractivity contribution >= 4 is 23.4 Å². The molecule has 1 N–H and O–H groups in total. The lowest BCUT2D eigenvalue weighted by Gasteiger charge is -2.47. The number of amides is 1. The number of carbonyl (C=O) groups excluding carboxylic acids is 1. The summed E-state index contributed by atoms with van der Waals surface area (Å²) in [5.74, 6) is -1.13. The topological polar surface area (TPSA) is 92.6 Å². The van der Waals surface area contributed by atoms with Crippen molar-refractivity contribution < 1.29 is 19.4 Å². The van der Waals surface area contributed by atoms with Gasteiger partial charge in [0.15, 0.2) is 0 Å². The number of carbonyl (C=O) groups is 2. The number of hydrogen-bond donors (Lipinski definition) is 1. The molecule has 2 rings (SSSR count). The van der Waals surface area contributed by atoms with Gasteiger partial charge in [-0.1, -0.05) is 25.3 Å². The number of aromatic nitrogens is 2. The maximum atomic E-state index is 12.5. The maximum Gasteiger partial charge on any atom is 0.329 e. The summed E-state index contributed by atoms with van der Waals surface area (Å²) < 4.78 is 9.18. The maximum absolute atomic E-state index is 12.5. The molecule has 1 aliphatic rings. The highest BCUT2D eigenvalue weighted by molar-refractivity contribution is 7.08. The van der Waals surface area contributed by atoms with Crippen LogP contribution in [0.3, 0.4) is 0 Å². The summed E-state index contributed by atoms with van der Waals surface area (Å²) in [6, 6.07) is 0. The van der Waals surface area contributed by atoms with E-state index in [9.17, 15) is 9.59 Å². The number of rotatable bonds is 4. The number of hydrogen-bond acceptors (Lipinski definition) is 6. The fourth-order valence-electron chi connectivity index (χ4n) is 2.20. The van der Waals surface area contributed by atoms with Gasteiger partial charge in [0.1, 0.15) is 17.1 Å². The minimum absolute atomic E-state index is 0.119. The summed E-state index contributed by atoms with van der Waals surface area (Å²) >= 11 is 1.09. The summed E-state index contributed by atoms with van der Waals surface area (Å²) in [4.78, 5) is 25.2. The summed E-state index contributed by atoms with van der Waals surface area (Å²) in [6.07, 6.45) is 0. The largest absolute Gasteiger partial charge is 0.480 e. The Bertz CT molecular complexity index is 558. The summed E-state index contributed by atoms with van der Waals surface area (Å²) in [7, 11) is 0. The molecular weight excluding hydrogens is 294 g/mol. The van der Waals surface area contributed by atoms with Gasteiger partial charge in [0, 0.05) is 5.41 Å². The van der Waals surface area contributed by atoms with E-state index >= 15 is 0 Å². The van der Waals surface area contributed by atoms with Crippen LogP contribution in [-0.4, -0.2) is 56.8 Å². The van der Waals surface area contributed by atoms with E-state index in [4.69, 9.17) is 9.84 Å². The van der Waals surface area contributed by atoms with Gasteiger partial charge in [-0.3, -0.25) is 4.79 Å². The first kappa shape index (κ1) is 15.8. The van der Waals surface area contributed by atoms with Crippen molar-refractivity contribution in [1.82, 2.24) is 14.5 Å². The Morgan fingerprint density at radius 3 is 2.57 bits per heavy atom. The molecule has 1 saturated heterocycles. The molecule has 21 heavy (non-hydrogen) atoms.